The van der Waals surface area contributed by atoms with E-state index in [9.17, 15) is 4.79 Å². The Hall–Kier alpha value is -3.39. The normalized spacial score (nSPS) is 11.6. The highest BCUT2D eigenvalue weighted by Gasteiger charge is 2.20. The van der Waals surface area contributed by atoms with Crippen molar-refractivity contribution >= 4 is 23.4 Å². The quantitative estimate of drug-likeness (QED) is 0.383. The molecule has 176 valence electrons. The summed E-state index contributed by atoms with van der Waals surface area (Å²) in [6, 6.07) is 18.4. The van der Waals surface area contributed by atoms with Crippen LogP contribution < -0.4 is 5.32 Å². The maximum Gasteiger partial charge on any atom is 0.234 e. The number of hydrogen-bond acceptors (Lipinski definition) is 5. The van der Waals surface area contributed by atoms with Crippen LogP contribution in [0.15, 0.2) is 59.8 Å². The molecular formula is C26H30N6OS. The van der Waals surface area contributed by atoms with Crippen molar-refractivity contribution in [3.8, 4) is 17.1 Å². The molecule has 2 aromatic carbocycles. The number of hydrogen-bond donors (Lipinski definition) is 1. The van der Waals surface area contributed by atoms with Crippen LogP contribution >= 0.6 is 11.8 Å². The number of aryl methyl sites for hydroxylation is 2. The summed E-state index contributed by atoms with van der Waals surface area (Å²) in [6.07, 6.45) is 0. The molecule has 0 saturated carbocycles. The maximum absolute atomic E-state index is 12.7. The lowest BCUT2D eigenvalue weighted by Crippen LogP contribution is -2.15. The average molecular weight is 475 g/mol. The third-order valence-electron chi connectivity index (χ3n) is 5.76. The van der Waals surface area contributed by atoms with E-state index >= 15 is 0 Å². The molecule has 0 spiro atoms. The summed E-state index contributed by atoms with van der Waals surface area (Å²) in [4.78, 5) is 12.7. The van der Waals surface area contributed by atoms with Crippen LogP contribution in [0.25, 0.3) is 17.1 Å². The number of carbonyl (C=O) groups excluding carboxylic acids is 1. The van der Waals surface area contributed by atoms with Crippen LogP contribution in [-0.4, -0.2) is 36.2 Å². The number of thioether (sulfide) groups is 1. The van der Waals surface area contributed by atoms with Gasteiger partial charge in [0.15, 0.2) is 11.0 Å². The topological polar surface area (TPSA) is 77.6 Å². The first-order valence-corrected chi connectivity index (χ1v) is 12.2. The Morgan fingerprint density at radius 2 is 1.68 bits per heavy atom. The average Bonchev–Trinajstić information content (AvgIpc) is 3.34. The fourth-order valence-corrected chi connectivity index (χ4v) is 4.49. The first-order chi connectivity index (χ1) is 16.1. The zero-order chi connectivity index (χ0) is 24.5. The minimum absolute atomic E-state index is 0.0744. The van der Waals surface area contributed by atoms with Gasteiger partial charge in [0.05, 0.1) is 22.8 Å². The molecule has 0 aliphatic carbocycles. The van der Waals surface area contributed by atoms with Crippen molar-refractivity contribution in [1.29, 1.82) is 0 Å². The van der Waals surface area contributed by atoms with E-state index in [4.69, 9.17) is 0 Å². The monoisotopic (exact) mass is 474 g/mol. The smallest absolute Gasteiger partial charge is 0.234 e. The van der Waals surface area contributed by atoms with Gasteiger partial charge in [0.25, 0.3) is 0 Å². The first-order valence-electron chi connectivity index (χ1n) is 11.2. The molecule has 8 heteroatoms. The molecule has 4 aromatic rings. The van der Waals surface area contributed by atoms with Gasteiger partial charge in [-0.2, -0.15) is 5.10 Å². The van der Waals surface area contributed by atoms with Gasteiger partial charge in [-0.15, -0.1) is 10.2 Å². The first kappa shape index (κ1) is 23.8. The van der Waals surface area contributed by atoms with Crippen molar-refractivity contribution < 1.29 is 4.79 Å². The molecule has 0 radical (unpaired) electrons. The summed E-state index contributed by atoms with van der Waals surface area (Å²) in [7, 11) is 1.87. The summed E-state index contributed by atoms with van der Waals surface area (Å²) in [5, 5.41) is 16.9. The van der Waals surface area contributed by atoms with Crippen LogP contribution in [0, 0.1) is 13.8 Å². The molecule has 34 heavy (non-hydrogen) atoms. The van der Waals surface area contributed by atoms with Crippen molar-refractivity contribution in [3.05, 3.63) is 71.5 Å². The minimum Gasteiger partial charge on any atom is -0.322 e. The van der Waals surface area contributed by atoms with Gasteiger partial charge in [-0.3, -0.25) is 14.0 Å². The highest BCUT2D eigenvalue weighted by molar-refractivity contribution is 7.99. The van der Waals surface area contributed by atoms with Crippen LogP contribution in [0.2, 0.25) is 0 Å². The number of rotatable bonds is 6. The summed E-state index contributed by atoms with van der Waals surface area (Å²) in [5.74, 6) is 0.846. The van der Waals surface area contributed by atoms with Crippen molar-refractivity contribution in [2.24, 2.45) is 7.05 Å². The Bertz CT molecular complexity index is 1300. The highest BCUT2D eigenvalue weighted by atomic mass is 32.2. The third kappa shape index (κ3) is 4.92. The van der Waals surface area contributed by atoms with Gasteiger partial charge in [-0.05, 0) is 37.0 Å². The van der Waals surface area contributed by atoms with Crippen molar-refractivity contribution in [2.75, 3.05) is 11.1 Å². The number of aromatic nitrogens is 5. The van der Waals surface area contributed by atoms with E-state index < -0.39 is 0 Å². The van der Waals surface area contributed by atoms with Crippen LogP contribution in [0.1, 0.15) is 37.7 Å². The van der Waals surface area contributed by atoms with Crippen LogP contribution in [0.3, 0.4) is 0 Å². The number of carbonyl (C=O) groups is 1. The van der Waals surface area contributed by atoms with Gasteiger partial charge in [0, 0.05) is 18.3 Å². The lowest BCUT2D eigenvalue weighted by Gasteiger charge is -2.19. The van der Waals surface area contributed by atoms with Gasteiger partial charge in [0.1, 0.15) is 0 Å². The highest BCUT2D eigenvalue weighted by Crippen LogP contribution is 2.30. The molecule has 0 aliphatic heterocycles. The zero-order valence-corrected chi connectivity index (χ0v) is 21.3. The molecule has 2 aromatic heterocycles. The fraction of sp³-hybridized carbons (Fsp3) is 0.308. The Morgan fingerprint density at radius 3 is 2.26 bits per heavy atom. The predicted molar refractivity (Wildman–Crippen MR) is 138 cm³/mol. The fourth-order valence-electron chi connectivity index (χ4n) is 3.74. The van der Waals surface area contributed by atoms with Gasteiger partial charge < -0.3 is 5.32 Å². The number of amides is 1. The van der Waals surface area contributed by atoms with Gasteiger partial charge in [-0.1, -0.05) is 75.0 Å². The van der Waals surface area contributed by atoms with Crippen molar-refractivity contribution in [1.82, 2.24) is 24.5 Å². The molecule has 0 unspecified atom stereocenters. The van der Waals surface area contributed by atoms with E-state index in [1.807, 2.05) is 55.8 Å². The van der Waals surface area contributed by atoms with Crippen LogP contribution in [-0.2, 0) is 17.3 Å². The predicted octanol–water partition coefficient (Wildman–Crippen LogP) is 5.31. The molecule has 2 heterocycles. The molecular weight excluding hydrogens is 444 g/mol. The van der Waals surface area contributed by atoms with E-state index in [1.165, 1.54) is 17.3 Å². The second kappa shape index (κ2) is 9.46. The third-order valence-corrected chi connectivity index (χ3v) is 6.69. The Kier molecular flexibility index (Phi) is 6.61. The molecule has 0 aliphatic rings. The molecule has 1 amide bonds. The number of benzene rings is 2. The number of para-hydroxylation sites is 1. The van der Waals surface area contributed by atoms with Gasteiger partial charge >= 0.3 is 0 Å². The number of nitrogens with one attached hydrogen (secondary N) is 1. The Morgan fingerprint density at radius 1 is 1.00 bits per heavy atom. The Balaban J connectivity index is 1.61. The molecule has 0 atom stereocenters. The van der Waals surface area contributed by atoms with E-state index in [2.05, 4.69) is 65.6 Å². The minimum atomic E-state index is -0.108. The van der Waals surface area contributed by atoms with Crippen molar-refractivity contribution in [3.63, 3.8) is 0 Å². The summed E-state index contributed by atoms with van der Waals surface area (Å²) < 4.78 is 3.77. The molecule has 4 rings (SSSR count). The van der Waals surface area contributed by atoms with Gasteiger partial charge in [-0.25, -0.2) is 0 Å². The van der Waals surface area contributed by atoms with Crippen molar-refractivity contribution in [2.45, 2.75) is 45.2 Å². The summed E-state index contributed by atoms with van der Waals surface area (Å²) in [6.45, 7) is 10.4. The van der Waals surface area contributed by atoms with E-state index in [0.717, 1.165) is 34.2 Å². The molecule has 0 fully saturated rings. The summed E-state index contributed by atoms with van der Waals surface area (Å²) in [5.41, 5.74) is 5.74. The lowest BCUT2D eigenvalue weighted by molar-refractivity contribution is -0.113. The maximum atomic E-state index is 12.7. The van der Waals surface area contributed by atoms with Crippen LogP contribution in [0.5, 0.6) is 0 Å². The Labute approximate surface area is 204 Å². The molecule has 0 bridgehead atoms. The lowest BCUT2D eigenvalue weighted by atomic mass is 9.87. The SMILES string of the molecule is Cc1nn(C)c(C)c1NC(=O)CSc1nnc(-c2ccc(C(C)(C)C)cc2)n1-c1ccccc1. The zero-order valence-electron chi connectivity index (χ0n) is 20.5. The number of anilines is 1. The standard InChI is InChI=1S/C26H30N6OS/c1-17-23(18(2)31(6)30-17)27-22(33)16-34-25-29-28-24(32(25)21-10-8-7-9-11-21)19-12-14-20(15-13-19)26(3,4)5/h7-15H,16H2,1-6H3,(H,27,33). The number of nitrogens with zero attached hydrogens (tertiary/aromatic N) is 5. The second-order valence-corrected chi connectivity index (χ2v) is 10.3. The second-order valence-electron chi connectivity index (χ2n) is 9.31. The van der Waals surface area contributed by atoms with E-state index in [-0.39, 0.29) is 17.1 Å². The van der Waals surface area contributed by atoms with Crippen LogP contribution in [0.4, 0.5) is 5.69 Å². The molecule has 0 saturated heterocycles. The van der Waals surface area contributed by atoms with E-state index in [1.54, 1.807) is 4.68 Å². The van der Waals surface area contributed by atoms with Gasteiger partial charge in [0.2, 0.25) is 5.91 Å². The largest absolute Gasteiger partial charge is 0.322 e. The molecule has 1 N–H and O–H groups in total. The molecule has 7 nitrogen and oxygen atoms in total. The van der Waals surface area contributed by atoms with E-state index in [0.29, 0.717) is 5.16 Å². The summed E-state index contributed by atoms with van der Waals surface area (Å²) >= 11 is 1.36.